The molecule has 3 aromatic rings. The second-order valence-electron chi connectivity index (χ2n) is 7.72. The molecule has 1 saturated heterocycles. The summed E-state index contributed by atoms with van der Waals surface area (Å²) < 4.78 is 1.98. The molecule has 4 rings (SSSR count). The lowest BCUT2D eigenvalue weighted by molar-refractivity contribution is 0.392. The Kier molecular flexibility index (Phi) is 5.29. The molecule has 27 heavy (non-hydrogen) atoms. The van der Waals surface area contributed by atoms with Crippen molar-refractivity contribution in [3.63, 3.8) is 0 Å². The Hall–Kier alpha value is -2.54. The van der Waals surface area contributed by atoms with Crippen molar-refractivity contribution in [2.24, 2.45) is 11.8 Å². The van der Waals surface area contributed by atoms with E-state index in [4.69, 9.17) is 4.98 Å². The van der Waals surface area contributed by atoms with Crippen LogP contribution in [0.5, 0.6) is 0 Å². The summed E-state index contributed by atoms with van der Waals surface area (Å²) in [6, 6.07) is 1.99. The molecule has 0 radical (unpaired) electrons. The third-order valence-electron chi connectivity index (χ3n) is 4.89. The van der Waals surface area contributed by atoms with E-state index >= 15 is 0 Å². The molecule has 0 bridgehead atoms. The van der Waals surface area contributed by atoms with E-state index in [0.29, 0.717) is 11.8 Å². The van der Waals surface area contributed by atoms with Crippen LogP contribution in [0.3, 0.4) is 0 Å². The van der Waals surface area contributed by atoms with Crippen molar-refractivity contribution < 1.29 is 0 Å². The number of aromatic nitrogens is 5. The number of nitrogens with one attached hydrogen (secondary N) is 2. The van der Waals surface area contributed by atoms with Crippen molar-refractivity contribution in [3.8, 4) is 11.3 Å². The number of hydrogen-bond donors (Lipinski definition) is 2. The van der Waals surface area contributed by atoms with Gasteiger partial charge < -0.3 is 10.6 Å². The van der Waals surface area contributed by atoms with Gasteiger partial charge in [-0.2, -0.15) is 5.10 Å². The van der Waals surface area contributed by atoms with E-state index in [1.54, 1.807) is 12.4 Å². The van der Waals surface area contributed by atoms with E-state index in [9.17, 15) is 0 Å². The molecule has 0 aromatic carbocycles. The minimum absolute atomic E-state index is 0.550. The normalized spacial score (nSPS) is 17.5. The Bertz CT molecular complexity index is 896. The van der Waals surface area contributed by atoms with Crippen LogP contribution in [0.4, 0.5) is 5.82 Å². The fraction of sp³-hybridized carbons (Fsp3) is 0.500. The van der Waals surface area contributed by atoms with Crippen molar-refractivity contribution in [1.82, 2.24) is 30.0 Å². The highest BCUT2D eigenvalue weighted by Crippen LogP contribution is 2.25. The first-order valence-electron chi connectivity index (χ1n) is 9.78. The molecule has 1 fully saturated rings. The molecule has 1 aliphatic heterocycles. The van der Waals surface area contributed by atoms with Gasteiger partial charge in [-0.1, -0.05) is 13.8 Å². The Morgan fingerprint density at radius 1 is 1.30 bits per heavy atom. The molecule has 142 valence electrons. The van der Waals surface area contributed by atoms with Crippen molar-refractivity contribution in [1.29, 1.82) is 0 Å². The average Bonchev–Trinajstić information content (AvgIpc) is 3.14. The molecule has 0 aliphatic carbocycles. The lowest BCUT2D eigenvalue weighted by Gasteiger charge is -2.23. The first-order chi connectivity index (χ1) is 13.2. The first kappa shape index (κ1) is 17.9. The molecule has 2 N–H and O–H groups in total. The predicted octanol–water partition coefficient (Wildman–Crippen LogP) is 2.96. The lowest BCUT2D eigenvalue weighted by Crippen LogP contribution is -2.33. The Balaban J connectivity index is 1.62. The molecule has 1 atom stereocenters. The molecule has 0 saturated carbocycles. The van der Waals surface area contributed by atoms with Gasteiger partial charge in [0.1, 0.15) is 5.52 Å². The number of hydrogen-bond acceptors (Lipinski definition) is 6. The van der Waals surface area contributed by atoms with Gasteiger partial charge in [-0.3, -0.25) is 9.67 Å². The summed E-state index contributed by atoms with van der Waals surface area (Å²) in [5.41, 5.74) is 3.55. The highest BCUT2D eigenvalue weighted by molar-refractivity contribution is 5.88. The fourth-order valence-electron chi connectivity index (χ4n) is 3.55. The summed E-state index contributed by atoms with van der Waals surface area (Å²) in [6.45, 7) is 8.34. The SMILES string of the molecule is CC(C)Cn1cc(-c2cc3nccnc3c(NC[C@H]3CCCNC3)n2)cn1. The number of nitrogens with zero attached hydrogens (tertiary/aromatic N) is 5. The monoisotopic (exact) mass is 365 g/mol. The van der Waals surface area contributed by atoms with E-state index in [0.717, 1.165) is 54.3 Å². The van der Waals surface area contributed by atoms with Crippen LogP contribution in [0.15, 0.2) is 30.9 Å². The molecule has 4 heterocycles. The van der Waals surface area contributed by atoms with Crippen LogP contribution < -0.4 is 10.6 Å². The van der Waals surface area contributed by atoms with Crippen molar-refractivity contribution in [2.75, 3.05) is 25.0 Å². The van der Waals surface area contributed by atoms with Gasteiger partial charge in [-0.05, 0) is 43.8 Å². The number of rotatable bonds is 6. The molecule has 7 heteroatoms. The van der Waals surface area contributed by atoms with Gasteiger partial charge in [0.15, 0.2) is 5.82 Å². The second-order valence-corrected chi connectivity index (χ2v) is 7.72. The molecule has 1 aliphatic rings. The molecular formula is C20H27N7. The molecular weight excluding hydrogens is 338 g/mol. The van der Waals surface area contributed by atoms with E-state index in [-0.39, 0.29) is 0 Å². The minimum atomic E-state index is 0.550. The maximum absolute atomic E-state index is 4.86. The standard InChI is InChI=1S/C20H27N7/c1-14(2)12-27-13-16(11-25-27)17-8-18-19(23-7-6-22-18)20(26-17)24-10-15-4-3-5-21-9-15/h6-8,11,13-15,21H,3-5,9-10,12H2,1-2H3,(H,24,26)/t15-/m0/s1. The van der Waals surface area contributed by atoms with Crippen LogP contribution in [0.25, 0.3) is 22.3 Å². The summed E-state index contributed by atoms with van der Waals surface area (Å²) in [4.78, 5) is 13.9. The summed E-state index contributed by atoms with van der Waals surface area (Å²) in [5.74, 6) is 1.97. The minimum Gasteiger partial charge on any atom is -0.368 e. The Morgan fingerprint density at radius 3 is 3.00 bits per heavy atom. The highest BCUT2D eigenvalue weighted by Gasteiger charge is 2.15. The smallest absolute Gasteiger partial charge is 0.154 e. The van der Waals surface area contributed by atoms with Gasteiger partial charge in [0.2, 0.25) is 0 Å². The van der Waals surface area contributed by atoms with Crippen LogP contribution in [-0.4, -0.2) is 44.4 Å². The summed E-state index contributed by atoms with van der Waals surface area (Å²) in [6.07, 6.45) is 9.85. The van der Waals surface area contributed by atoms with Gasteiger partial charge in [-0.25, -0.2) is 9.97 Å². The maximum atomic E-state index is 4.86. The van der Waals surface area contributed by atoms with Crippen LogP contribution >= 0.6 is 0 Å². The van der Waals surface area contributed by atoms with Crippen LogP contribution in [0.2, 0.25) is 0 Å². The number of pyridine rings is 1. The van der Waals surface area contributed by atoms with Gasteiger partial charge in [0.25, 0.3) is 0 Å². The van der Waals surface area contributed by atoms with Crippen molar-refractivity contribution in [2.45, 2.75) is 33.2 Å². The first-order valence-corrected chi connectivity index (χ1v) is 9.78. The van der Waals surface area contributed by atoms with Gasteiger partial charge >= 0.3 is 0 Å². The molecule has 0 amide bonds. The topological polar surface area (TPSA) is 80.5 Å². The van der Waals surface area contributed by atoms with Crippen LogP contribution in [-0.2, 0) is 6.54 Å². The Morgan fingerprint density at radius 2 is 2.19 bits per heavy atom. The summed E-state index contributed by atoms with van der Waals surface area (Å²) in [5, 5.41) is 11.5. The van der Waals surface area contributed by atoms with Gasteiger partial charge in [-0.15, -0.1) is 0 Å². The van der Waals surface area contributed by atoms with Crippen LogP contribution in [0.1, 0.15) is 26.7 Å². The lowest BCUT2D eigenvalue weighted by atomic mass is 10.00. The zero-order valence-electron chi connectivity index (χ0n) is 16.0. The summed E-state index contributed by atoms with van der Waals surface area (Å²) >= 11 is 0. The average molecular weight is 365 g/mol. The zero-order chi connectivity index (χ0) is 18.6. The quantitative estimate of drug-likeness (QED) is 0.699. The number of anilines is 1. The van der Waals surface area contributed by atoms with E-state index < -0.39 is 0 Å². The van der Waals surface area contributed by atoms with Gasteiger partial charge in [0.05, 0.1) is 17.4 Å². The zero-order valence-corrected chi connectivity index (χ0v) is 16.0. The van der Waals surface area contributed by atoms with Crippen LogP contribution in [0, 0.1) is 11.8 Å². The molecule has 3 aromatic heterocycles. The van der Waals surface area contributed by atoms with E-state index in [2.05, 4.69) is 45.7 Å². The Labute approximate surface area is 159 Å². The largest absolute Gasteiger partial charge is 0.368 e. The predicted molar refractivity (Wildman–Crippen MR) is 107 cm³/mol. The molecule has 0 spiro atoms. The molecule has 7 nitrogen and oxygen atoms in total. The fourth-order valence-corrected chi connectivity index (χ4v) is 3.55. The number of fused-ring (bicyclic) bond motifs is 1. The van der Waals surface area contributed by atoms with E-state index in [1.165, 1.54) is 12.8 Å². The molecule has 0 unspecified atom stereocenters. The highest BCUT2D eigenvalue weighted by atomic mass is 15.3. The third kappa shape index (κ3) is 4.24. The van der Waals surface area contributed by atoms with Crippen molar-refractivity contribution in [3.05, 3.63) is 30.9 Å². The van der Waals surface area contributed by atoms with E-state index in [1.807, 2.05) is 16.9 Å². The van der Waals surface area contributed by atoms with Gasteiger partial charge in [0, 0.05) is 37.2 Å². The summed E-state index contributed by atoms with van der Waals surface area (Å²) in [7, 11) is 0. The maximum Gasteiger partial charge on any atom is 0.154 e. The third-order valence-corrected chi connectivity index (χ3v) is 4.89. The second kappa shape index (κ2) is 8.00. The van der Waals surface area contributed by atoms with Crippen molar-refractivity contribution >= 4 is 16.9 Å². The number of piperidine rings is 1.